The fourth-order valence-electron chi connectivity index (χ4n) is 1.45. The van der Waals surface area contributed by atoms with Crippen LogP contribution in [0, 0.1) is 0 Å². The quantitative estimate of drug-likeness (QED) is 0.751. The SMILES string of the molecule is Oc1ccc(Cc2ccccc2)cc1.[NaH]. The van der Waals surface area contributed by atoms with Crippen molar-refractivity contribution in [1.29, 1.82) is 0 Å². The van der Waals surface area contributed by atoms with E-state index in [0.29, 0.717) is 5.75 Å². The van der Waals surface area contributed by atoms with Crippen molar-refractivity contribution in [3.8, 4) is 5.75 Å². The van der Waals surface area contributed by atoms with Crippen LogP contribution in [0.2, 0.25) is 0 Å². The molecule has 15 heavy (non-hydrogen) atoms. The average molecular weight is 208 g/mol. The Hall–Kier alpha value is -0.760. The van der Waals surface area contributed by atoms with E-state index in [-0.39, 0.29) is 29.6 Å². The van der Waals surface area contributed by atoms with E-state index >= 15 is 0 Å². The number of aromatic hydroxyl groups is 1. The standard InChI is InChI=1S/C13H12O.Na.H/c14-13-8-6-12(7-9-13)10-11-4-2-1-3-5-11;;/h1-9,14H,10H2;;. The van der Waals surface area contributed by atoms with Crippen LogP contribution in [0.3, 0.4) is 0 Å². The first-order valence-corrected chi connectivity index (χ1v) is 4.66. The van der Waals surface area contributed by atoms with Crippen LogP contribution in [0.5, 0.6) is 5.75 Å². The summed E-state index contributed by atoms with van der Waals surface area (Å²) in [5, 5.41) is 9.12. The first-order chi connectivity index (χ1) is 6.84. The zero-order valence-electron chi connectivity index (χ0n) is 7.85. The Morgan fingerprint density at radius 2 is 1.27 bits per heavy atom. The Morgan fingerprint density at radius 3 is 1.87 bits per heavy atom. The molecular formula is C13H13NaO. The van der Waals surface area contributed by atoms with Gasteiger partial charge in [-0.2, -0.15) is 0 Å². The molecule has 0 unspecified atom stereocenters. The first kappa shape index (κ1) is 12.3. The van der Waals surface area contributed by atoms with Crippen molar-refractivity contribution in [2.45, 2.75) is 6.42 Å². The van der Waals surface area contributed by atoms with Gasteiger partial charge in [-0.15, -0.1) is 0 Å². The maximum atomic E-state index is 9.12. The zero-order chi connectivity index (χ0) is 9.80. The van der Waals surface area contributed by atoms with E-state index in [2.05, 4.69) is 12.1 Å². The summed E-state index contributed by atoms with van der Waals surface area (Å²) in [4.78, 5) is 0. The number of phenolic OH excluding ortho intramolecular Hbond substituents is 1. The molecule has 0 aliphatic heterocycles. The van der Waals surface area contributed by atoms with Gasteiger partial charge in [0.15, 0.2) is 0 Å². The molecule has 0 saturated heterocycles. The molecule has 72 valence electrons. The van der Waals surface area contributed by atoms with E-state index in [1.54, 1.807) is 12.1 Å². The molecule has 0 heterocycles. The monoisotopic (exact) mass is 208 g/mol. The molecule has 2 aromatic rings. The van der Waals surface area contributed by atoms with Crippen LogP contribution >= 0.6 is 0 Å². The molecule has 0 radical (unpaired) electrons. The second kappa shape index (κ2) is 5.96. The van der Waals surface area contributed by atoms with E-state index < -0.39 is 0 Å². The third-order valence-electron chi connectivity index (χ3n) is 2.19. The molecule has 0 saturated carbocycles. The minimum absolute atomic E-state index is 0. The zero-order valence-corrected chi connectivity index (χ0v) is 7.85. The first-order valence-electron chi connectivity index (χ1n) is 4.66. The predicted octanol–water partition coefficient (Wildman–Crippen LogP) is 2.33. The molecular weight excluding hydrogens is 195 g/mol. The third kappa shape index (κ3) is 3.71. The number of rotatable bonds is 2. The Labute approximate surface area is 112 Å². The molecule has 0 aliphatic rings. The van der Waals surface area contributed by atoms with Crippen molar-refractivity contribution in [1.82, 2.24) is 0 Å². The molecule has 2 rings (SSSR count). The van der Waals surface area contributed by atoms with Crippen molar-refractivity contribution >= 4 is 29.6 Å². The summed E-state index contributed by atoms with van der Waals surface area (Å²) < 4.78 is 0. The van der Waals surface area contributed by atoms with Gasteiger partial charge in [0.05, 0.1) is 0 Å². The number of benzene rings is 2. The molecule has 1 N–H and O–H groups in total. The summed E-state index contributed by atoms with van der Waals surface area (Å²) in [6.45, 7) is 0. The van der Waals surface area contributed by atoms with Crippen LogP contribution in [0.25, 0.3) is 0 Å². The Bertz CT molecular complexity index is 395. The van der Waals surface area contributed by atoms with Crippen molar-refractivity contribution in [3.63, 3.8) is 0 Å². The van der Waals surface area contributed by atoms with Gasteiger partial charge in [0.25, 0.3) is 0 Å². The van der Waals surface area contributed by atoms with Crippen molar-refractivity contribution in [2.75, 3.05) is 0 Å². The second-order valence-corrected chi connectivity index (χ2v) is 3.33. The molecule has 0 spiro atoms. The summed E-state index contributed by atoms with van der Waals surface area (Å²) in [6.07, 6.45) is 0.918. The summed E-state index contributed by atoms with van der Waals surface area (Å²) in [7, 11) is 0. The molecule has 2 heteroatoms. The number of hydrogen-bond donors (Lipinski definition) is 1. The predicted molar refractivity (Wildman–Crippen MR) is 64.5 cm³/mol. The number of hydrogen-bond acceptors (Lipinski definition) is 1. The van der Waals surface area contributed by atoms with Crippen molar-refractivity contribution in [2.24, 2.45) is 0 Å². The van der Waals surface area contributed by atoms with Crippen LogP contribution in [-0.4, -0.2) is 34.7 Å². The fourth-order valence-corrected chi connectivity index (χ4v) is 1.45. The van der Waals surface area contributed by atoms with Crippen molar-refractivity contribution < 1.29 is 5.11 Å². The fraction of sp³-hybridized carbons (Fsp3) is 0.0769. The Morgan fingerprint density at radius 1 is 0.733 bits per heavy atom. The third-order valence-corrected chi connectivity index (χ3v) is 2.19. The number of phenols is 1. The molecule has 0 amide bonds. The average Bonchev–Trinajstić information content (AvgIpc) is 2.23. The van der Waals surface area contributed by atoms with Gasteiger partial charge in [-0.1, -0.05) is 42.5 Å². The van der Waals surface area contributed by atoms with Gasteiger partial charge >= 0.3 is 29.6 Å². The Kier molecular flexibility index (Phi) is 4.89. The molecule has 2 aromatic carbocycles. The van der Waals surface area contributed by atoms with E-state index in [1.165, 1.54) is 11.1 Å². The molecule has 0 bridgehead atoms. The van der Waals surface area contributed by atoms with E-state index in [0.717, 1.165) is 6.42 Å². The Balaban J connectivity index is 0.00000112. The van der Waals surface area contributed by atoms with Gasteiger partial charge in [-0.25, -0.2) is 0 Å². The van der Waals surface area contributed by atoms with E-state index in [4.69, 9.17) is 5.11 Å². The van der Waals surface area contributed by atoms with Crippen LogP contribution < -0.4 is 0 Å². The summed E-state index contributed by atoms with van der Waals surface area (Å²) >= 11 is 0. The molecule has 0 aliphatic carbocycles. The molecule has 0 atom stereocenters. The topological polar surface area (TPSA) is 20.2 Å². The minimum atomic E-state index is 0. The normalized spacial score (nSPS) is 9.33. The van der Waals surface area contributed by atoms with Crippen LogP contribution in [-0.2, 0) is 6.42 Å². The van der Waals surface area contributed by atoms with Crippen LogP contribution in [0.15, 0.2) is 54.6 Å². The second-order valence-electron chi connectivity index (χ2n) is 3.33. The van der Waals surface area contributed by atoms with Gasteiger partial charge in [0.1, 0.15) is 5.75 Å². The molecule has 1 nitrogen and oxygen atoms in total. The van der Waals surface area contributed by atoms with Crippen LogP contribution in [0.4, 0.5) is 0 Å². The summed E-state index contributed by atoms with van der Waals surface area (Å²) in [6, 6.07) is 17.6. The summed E-state index contributed by atoms with van der Waals surface area (Å²) in [5.74, 6) is 0.321. The van der Waals surface area contributed by atoms with E-state index in [1.807, 2.05) is 30.3 Å². The van der Waals surface area contributed by atoms with Gasteiger partial charge < -0.3 is 5.11 Å². The van der Waals surface area contributed by atoms with Gasteiger partial charge in [0.2, 0.25) is 0 Å². The molecule has 0 aromatic heterocycles. The maximum absolute atomic E-state index is 9.12. The van der Waals surface area contributed by atoms with Crippen LogP contribution in [0.1, 0.15) is 11.1 Å². The van der Waals surface area contributed by atoms with Crippen molar-refractivity contribution in [3.05, 3.63) is 65.7 Å². The van der Waals surface area contributed by atoms with Gasteiger partial charge in [-0.3, -0.25) is 0 Å². The van der Waals surface area contributed by atoms with Gasteiger partial charge in [-0.05, 0) is 29.7 Å². The summed E-state index contributed by atoms with van der Waals surface area (Å²) in [5.41, 5.74) is 2.51. The van der Waals surface area contributed by atoms with Gasteiger partial charge in [0, 0.05) is 0 Å². The van der Waals surface area contributed by atoms with E-state index in [9.17, 15) is 0 Å². The molecule has 0 fully saturated rings.